The highest BCUT2D eigenvalue weighted by molar-refractivity contribution is 6.21. The zero-order chi connectivity index (χ0) is 12.1. The summed E-state index contributed by atoms with van der Waals surface area (Å²) >= 11 is 6.22. The van der Waals surface area contributed by atoms with E-state index in [1.54, 1.807) is 0 Å². The quantitative estimate of drug-likeness (QED) is 0.581. The van der Waals surface area contributed by atoms with Crippen molar-refractivity contribution in [3.63, 3.8) is 0 Å². The van der Waals surface area contributed by atoms with Gasteiger partial charge in [0.1, 0.15) is 0 Å². The van der Waals surface area contributed by atoms with Crippen LogP contribution in [-0.4, -0.2) is 6.04 Å². The summed E-state index contributed by atoms with van der Waals surface area (Å²) < 4.78 is 0. The molecule has 0 spiro atoms. The summed E-state index contributed by atoms with van der Waals surface area (Å²) in [5, 5.41) is 3.76. The molecule has 1 aliphatic carbocycles. The Labute approximate surface area is 110 Å². The lowest BCUT2D eigenvalue weighted by molar-refractivity contribution is 0.619. The predicted molar refractivity (Wildman–Crippen MR) is 75.8 cm³/mol. The molecule has 1 saturated carbocycles. The zero-order valence-electron chi connectivity index (χ0n) is 10.6. The second-order valence-electron chi connectivity index (χ2n) is 5.04. The molecule has 1 unspecified atom stereocenters. The molecule has 1 aromatic carbocycles. The second kappa shape index (κ2) is 6.30. The molecule has 0 bridgehead atoms. The number of rotatable bonds is 3. The summed E-state index contributed by atoms with van der Waals surface area (Å²) in [6.45, 7) is 2.04. The first kappa shape index (κ1) is 12.8. The number of nitrogens with one attached hydrogen (secondary N) is 1. The maximum Gasteiger partial charge on any atom is 0.0577 e. The highest BCUT2D eigenvalue weighted by Crippen LogP contribution is 2.29. The lowest BCUT2D eigenvalue weighted by Crippen LogP contribution is -2.19. The van der Waals surface area contributed by atoms with Gasteiger partial charge in [0.2, 0.25) is 0 Å². The number of halogens is 1. The monoisotopic (exact) mass is 251 g/mol. The summed E-state index contributed by atoms with van der Waals surface area (Å²) in [4.78, 5) is 0. The number of para-hydroxylation sites is 1. The molecule has 0 heterocycles. The predicted octanol–water partition coefficient (Wildman–Crippen LogP) is 5.12. The number of hydrogen-bond donors (Lipinski definition) is 1. The molecule has 0 aliphatic heterocycles. The SMILES string of the molecule is CC(Cl)c1ccccc1NC1CCCCCC1. The van der Waals surface area contributed by atoms with Gasteiger partial charge in [0, 0.05) is 11.7 Å². The third kappa shape index (κ3) is 3.64. The minimum atomic E-state index is 0.0736. The Bertz CT molecular complexity index is 341. The lowest BCUT2D eigenvalue weighted by atomic mass is 10.1. The molecule has 0 amide bonds. The normalized spacial score (nSPS) is 19.6. The molecule has 1 nitrogen and oxygen atoms in total. The highest BCUT2D eigenvalue weighted by Gasteiger charge is 2.14. The van der Waals surface area contributed by atoms with Crippen LogP contribution >= 0.6 is 11.6 Å². The topological polar surface area (TPSA) is 12.0 Å². The lowest BCUT2D eigenvalue weighted by Gasteiger charge is -2.21. The molecule has 1 atom stereocenters. The van der Waals surface area contributed by atoms with Gasteiger partial charge in [-0.1, -0.05) is 43.9 Å². The van der Waals surface area contributed by atoms with Crippen molar-refractivity contribution in [3.8, 4) is 0 Å². The van der Waals surface area contributed by atoms with Gasteiger partial charge in [-0.25, -0.2) is 0 Å². The first-order valence-corrected chi connectivity index (χ1v) is 7.20. The molecule has 2 rings (SSSR count). The van der Waals surface area contributed by atoms with Crippen LogP contribution in [0.2, 0.25) is 0 Å². The van der Waals surface area contributed by atoms with E-state index in [2.05, 4.69) is 29.6 Å². The van der Waals surface area contributed by atoms with Crippen LogP contribution < -0.4 is 5.32 Å². The highest BCUT2D eigenvalue weighted by atomic mass is 35.5. The van der Waals surface area contributed by atoms with Gasteiger partial charge in [-0.3, -0.25) is 0 Å². The van der Waals surface area contributed by atoms with Crippen LogP contribution in [-0.2, 0) is 0 Å². The maximum absolute atomic E-state index is 6.22. The standard InChI is InChI=1S/C15H22ClN/c1-12(16)14-10-6-7-11-15(14)17-13-8-4-2-3-5-9-13/h6-7,10-13,17H,2-5,8-9H2,1H3. The smallest absolute Gasteiger partial charge is 0.0577 e. The number of alkyl halides is 1. The molecule has 94 valence electrons. The first-order valence-electron chi connectivity index (χ1n) is 6.77. The van der Waals surface area contributed by atoms with E-state index in [0.717, 1.165) is 0 Å². The molecule has 1 fully saturated rings. The zero-order valence-corrected chi connectivity index (χ0v) is 11.3. The van der Waals surface area contributed by atoms with E-state index >= 15 is 0 Å². The number of benzene rings is 1. The third-order valence-electron chi connectivity index (χ3n) is 3.60. The van der Waals surface area contributed by atoms with Gasteiger partial charge >= 0.3 is 0 Å². The minimum absolute atomic E-state index is 0.0736. The average molecular weight is 252 g/mol. The van der Waals surface area contributed by atoms with E-state index in [1.807, 2.05) is 6.92 Å². The Balaban J connectivity index is 2.06. The summed E-state index contributed by atoms with van der Waals surface area (Å²) in [7, 11) is 0. The van der Waals surface area contributed by atoms with Crippen molar-refractivity contribution in [3.05, 3.63) is 29.8 Å². The fourth-order valence-electron chi connectivity index (χ4n) is 2.62. The Hall–Kier alpha value is -0.690. The molecular weight excluding hydrogens is 230 g/mol. The fraction of sp³-hybridized carbons (Fsp3) is 0.600. The van der Waals surface area contributed by atoms with Gasteiger partial charge in [0.05, 0.1) is 5.38 Å². The van der Waals surface area contributed by atoms with E-state index in [4.69, 9.17) is 11.6 Å². The molecule has 17 heavy (non-hydrogen) atoms. The fourth-order valence-corrected chi connectivity index (χ4v) is 2.81. The van der Waals surface area contributed by atoms with Crippen molar-refractivity contribution >= 4 is 17.3 Å². The van der Waals surface area contributed by atoms with Crippen molar-refractivity contribution in [2.45, 2.75) is 56.9 Å². The molecule has 1 aromatic rings. The van der Waals surface area contributed by atoms with Gasteiger partial charge < -0.3 is 5.32 Å². The average Bonchev–Trinajstić information content (AvgIpc) is 2.58. The molecule has 2 heteroatoms. The number of anilines is 1. The summed E-state index contributed by atoms with van der Waals surface area (Å²) in [5.41, 5.74) is 2.44. The van der Waals surface area contributed by atoms with Crippen LogP contribution in [0.4, 0.5) is 5.69 Å². The van der Waals surface area contributed by atoms with Crippen molar-refractivity contribution in [2.75, 3.05) is 5.32 Å². The van der Waals surface area contributed by atoms with Crippen LogP contribution in [0.15, 0.2) is 24.3 Å². The van der Waals surface area contributed by atoms with Gasteiger partial charge in [0.25, 0.3) is 0 Å². The molecule has 0 aromatic heterocycles. The Morgan fingerprint density at radius 3 is 2.41 bits per heavy atom. The van der Waals surface area contributed by atoms with Gasteiger partial charge in [-0.15, -0.1) is 11.6 Å². The molecule has 1 aliphatic rings. The Morgan fingerprint density at radius 1 is 1.12 bits per heavy atom. The summed E-state index contributed by atoms with van der Waals surface area (Å²) in [6.07, 6.45) is 8.10. The molecule has 1 N–H and O–H groups in total. The van der Waals surface area contributed by atoms with E-state index in [-0.39, 0.29) is 5.38 Å². The van der Waals surface area contributed by atoms with E-state index < -0.39 is 0 Å². The molecule has 0 saturated heterocycles. The van der Waals surface area contributed by atoms with Crippen LogP contribution in [0, 0.1) is 0 Å². The maximum atomic E-state index is 6.22. The van der Waals surface area contributed by atoms with E-state index in [0.29, 0.717) is 6.04 Å². The van der Waals surface area contributed by atoms with Crippen molar-refractivity contribution in [1.29, 1.82) is 0 Å². The van der Waals surface area contributed by atoms with Crippen LogP contribution in [0.1, 0.15) is 56.4 Å². The largest absolute Gasteiger partial charge is 0.382 e. The third-order valence-corrected chi connectivity index (χ3v) is 3.84. The van der Waals surface area contributed by atoms with E-state index in [9.17, 15) is 0 Å². The van der Waals surface area contributed by atoms with Gasteiger partial charge in [-0.2, -0.15) is 0 Å². The van der Waals surface area contributed by atoms with Gasteiger partial charge in [-0.05, 0) is 31.4 Å². The minimum Gasteiger partial charge on any atom is -0.382 e. The van der Waals surface area contributed by atoms with Crippen LogP contribution in [0.3, 0.4) is 0 Å². The van der Waals surface area contributed by atoms with Crippen LogP contribution in [0.5, 0.6) is 0 Å². The van der Waals surface area contributed by atoms with Crippen molar-refractivity contribution in [1.82, 2.24) is 0 Å². The van der Waals surface area contributed by atoms with Crippen molar-refractivity contribution < 1.29 is 0 Å². The second-order valence-corrected chi connectivity index (χ2v) is 5.69. The summed E-state index contributed by atoms with van der Waals surface area (Å²) in [6, 6.07) is 9.05. The van der Waals surface area contributed by atoms with E-state index in [1.165, 1.54) is 49.8 Å². The Morgan fingerprint density at radius 2 is 1.76 bits per heavy atom. The van der Waals surface area contributed by atoms with Crippen molar-refractivity contribution in [2.24, 2.45) is 0 Å². The number of hydrogen-bond acceptors (Lipinski definition) is 1. The van der Waals surface area contributed by atoms with Crippen LogP contribution in [0.25, 0.3) is 0 Å². The van der Waals surface area contributed by atoms with Gasteiger partial charge in [0.15, 0.2) is 0 Å². The first-order chi connectivity index (χ1) is 8.27. The Kier molecular flexibility index (Phi) is 4.73. The molecule has 0 radical (unpaired) electrons. The summed E-state index contributed by atoms with van der Waals surface area (Å²) in [5.74, 6) is 0. The molecular formula is C15H22ClN.